The number of hydrogen-bond donors (Lipinski definition) is 3. The van der Waals surface area contributed by atoms with Gasteiger partial charge in [-0.2, -0.15) is 0 Å². The van der Waals surface area contributed by atoms with E-state index >= 15 is 0 Å². The van der Waals surface area contributed by atoms with E-state index in [4.69, 9.17) is 16.2 Å². The molecule has 1 unspecified atom stereocenters. The summed E-state index contributed by atoms with van der Waals surface area (Å²) in [6, 6.07) is 5.40. The van der Waals surface area contributed by atoms with Gasteiger partial charge in [-0.3, -0.25) is 4.79 Å². The highest BCUT2D eigenvalue weighted by Gasteiger charge is 2.07. The first-order chi connectivity index (χ1) is 8.02. The zero-order valence-electron chi connectivity index (χ0n) is 10.2. The number of anilines is 2. The molecule has 1 amide bonds. The summed E-state index contributed by atoms with van der Waals surface area (Å²) in [4.78, 5) is 10.8. The number of nitrogens with two attached hydrogens (primary N) is 2. The molecule has 0 aliphatic rings. The summed E-state index contributed by atoms with van der Waals surface area (Å²) in [5.41, 5.74) is 12.3. The Morgan fingerprint density at radius 3 is 2.82 bits per heavy atom. The Hall–Kier alpha value is -1.91. The van der Waals surface area contributed by atoms with Crippen LogP contribution in [0.5, 0.6) is 5.75 Å². The van der Waals surface area contributed by atoms with Crippen LogP contribution in [0.3, 0.4) is 0 Å². The van der Waals surface area contributed by atoms with Crippen molar-refractivity contribution in [1.29, 1.82) is 0 Å². The lowest BCUT2D eigenvalue weighted by atomic mass is 10.2. The van der Waals surface area contributed by atoms with Gasteiger partial charge >= 0.3 is 0 Å². The number of hydrogen-bond acceptors (Lipinski definition) is 4. The molecule has 0 radical (unpaired) electrons. The monoisotopic (exact) mass is 237 g/mol. The van der Waals surface area contributed by atoms with Crippen LogP contribution in [0.1, 0.15) is 20.3 Å². The molecule has 1 atom stereocenters. The molecule has 0 heterocycles. The standard InChI is InChI=1S/C12H19N3O2/c1-3-17-11-7-9(4-5-10(11)13)15-8(2)6-12(14)16/h4-5,7-8,15H,3,6,13H2,1-2H3,(H2,14,16). The number of benzene rings is 1. The summed E-state index contributed by atoms with van der Waals surface area (Å²) >= 11 is 0. The van der Waals surface area contributed by atoms with Gasteiger partial charge in [0.15, 0.2) is 0 Å². The van der Waals surface area contributed by atoms with Gasteiger partial charge in [0.25, 0.3) is 0 Å². The van der Waals surface area contributed by atoms with Gasteiger partial charge in [0, 0.05) is 24.2 Å². The molecular weight excluding hydrogens is 218 g/mol. The zero-order chi connectivity index (χ0) is 12.8. The lowest BCUT2D eigenvalue weighted by Gasteiger charge is -2.15. The molecule has 0 fully saturated rings. The fourth-order valence-electron chi connectivity index (χ4n) is 1.54. The van der Waals surface area contributed by atoms with Gasteiger partial charge in [-0.25, -0.2) is 0 Å². The maximum atomic E-state index is 10.8. The first-order valence-electron chi connectivity index (χ1n) is 5.60. The molecule has 0 saturated carbocycles. The first-order valence-corrected chi connectivity index (χ1v) is 5.60. The number of carbonyl (C=O) groups is 1. The van der Waals surface area contributed by atoms with E-state index in [0.717, 1.165) is 5.69 Å². The number of nitrogen functional groups attached to an aromatic ring is 1. The van der Waals surface area contributed by atoms with Gasteiger partial charge < -0.3 is 21.5 Å². The van der Waals surface area contributed by atoms with Gasteiger partial charge in [-0.15, -0.1) is 0 Å². The summed E-state index contributed by atoms with van der Waals surface area (Å²) < 4.78 is 5.38. The van der Waals surface area contributed by atoms with Crippen LogP contribution in [0.25, 0.3) is 0 Å². The SMILES string of the molecule is CCOc1cc(NC(C)CC(N)=O)ccc1N. The molecule has 0 aliphatic heterocycles. The lowest BCUT2D eigenvalue weighted by molar-refractivity contribution is -0.118. The van der Waals surface area contributed by atoms with Crippen molar-refractivity contribution in [2.45, 2.75) is 26.3 Å². The molecule has 0 saturated heterocycles. The van der Waals surface area contributed by atoms with Gasteiger partial charge in [-0.05, 0) is 26.0 Å². The van der Waals surface area contributed by atoms with Crippen molar-refractivity contribution in [3.05, 3.63) is 18.2 Å². The predicted octanol–water partition coefficient (Wildman–Crippen LogP) is 1.34. The normalized spacial score (nSPS) is 11.9. The van der Waals surface area contributed by atoms with Crippen molar-refractivity contribution in [2.24, 2.45) is 5.73 Å². The van der Waals surface area contributed by atoms with Crippen molar-refractivity contribution >= 4 is 17.3 Å². The van der Waals surface area contributed by atoms with Crippen molar-refractivity contribution < 1.29 is 9.53 Å². The molecule has 0 aliphatic carbocycles. The van der Waals surface area contributed by atoms with E-state index in [2.05, 4.69) is 5.32 Å². The topological polar surface area (TPSA) is 90.4 Å². The Labute approximate surface area is 101 Å². The molecule has 0 spiro atoms. The number of ether oxygens (including phenoxy) is 1. The Bertz CT molecular complexity index is 393. The highest BCUT2D eigenvalue weighted by molar-refractivity contribution is 5.75. The van der Waals surface area contributed by atoms with Crippen LogP contribution >= 0.6 is 0 Å². The summed E-state index contributed by atoms with van der Waals surface area (Å²) in [7, 11) is 0. The van der Waals surface area contributed by atoms with E-state index in [9.17, 15) is 4.79 Å². The minimum absolute atomic E-state index is 0.0226. The maximum Gasteiger partial charge on any atom is 0.219 e. The van der Waals surface area contributed by atoms with Crippen molar-refractivity contribution in [2.75, 3.05) is 17.7 Å². The predicted molar refractivity (Wildman–Crippen MR) is 68.9 cm³/mol. The smallest absolute Gasteiger partial charge is 0.219 e. The second-order valence-corrected chi connectivity index (χ2v) is 3.90. The number of carbonyl (C=O) groups excluding carboxylic acids is 1. The van der Waals surface area contributed by atoms with Crippen LogP contribution in [0.15, 0.2) is 18.2 Å². The average Bonchev–Trinajstić information content (AvgIpc) is 2.22. The Morgan fingerprint density at radius 1 is 1.53 bits per heavy atom. The number of primary amides is 1. The zero-order valence-corrected chi connectivity index (χ0v) is 10.2. The highest BCUT2D eigenvalue weighted by atomic mass is 16.5. The van der Waals surface area contributed by atoms with E-state index in [1.807, 2.05) is 26.0 Å². The fraction of sp³-hybridized carbons (Fsp3) is 0.417. The largest absolute Gasteiger partial charge is 0.492 e. The van der Waals surface area contributed by atoms with E-state index in [0.29, 0.717) is 18.0 Å². The van der Waals surface area contributed by atoms with Gasteiger partial charge in [0.05, 0.1) is 12.3 Å². The van der Waals surface area contributed by atoms with Gasteiger partial charge in [0.2, 0.25) is 5.91 Å². The van der Waals surface area contributed by atoms with E-state index in [1.54, 1.807) is 6.07 Å². The molecule has 5 N–H and O–H groups in total. The third-order valence-corrected chi connectivity index (χ3v) is 2.23. The number of nitrogens with one attached hydrogen (secondary N) is 1. The molecular formula is C12H19N3O2. The van der Waals surface area contributed by atoms with Crippen LogP contribution < -0.4 is 21.5 Å². The molecule has 5 heteroatoms. The van der Waals surface area contributed by atoms with E-state index in [-0.39, 0.29) is 18.4 Å². The van der Waals surface area contributed by atoms with E-state index in [1.165, 1.54) is 0 Å². The Kier molecular flexibility index (Phi) is 4.63. The maximum absolute atomic E-state index is 10.8. The van der Waals surface area contributed by atoms with Crippen LogP contribution in [0, 0.1) is 0 Å². The third kappa shape index (κ3) is 4.22. The summed E-state index contributed by atoms with van der Waals surface area (Å²) in [5.74, 6) is 0.314. The molecule has 17 heavy (non-hydrogen) atoms. The lowest BCUT2D eigenvalue weighted by Crippen LogP contribution is -2.23. The molecule has 1 aromatic carbocycles. The summed E-state index contributed by atoms with van der Waals surface area (Å²) in [6.45, 7) is 4.35. The van der Waals surface area contributed by atoms with Crippen LogP contribution in [0.4, 0.5) is 11.4 Å². The molecule has 0 bridgehead atoms. The van der Waals surface area contributed by atoms with Crippen LogP contribution in [-0.2, 0) is 4.79 Å². The minimum Gasteiger partial charge on any atom is -0.492 e. The second-order valence-electron chi connectivity index (χ2n) is 3.90. The highest BCUT2D eigenvalue weighted by Crippen LogP contribution is 2.25. The van der Waals surface area contributed by atoms with Crippen molar-refractivity contribution in [1.82, 2.24) is 0 Å². The van der Waals surface area contributed by atoms with Gasteiger partial charge in [0.1, 0.15) is 5.75 Å². The second kappa shape index (κ2) is 5.98. The Morgan fingerprint density at radius 2 is 2.24 bits per heavy atom. The van der Waals surface area contributed by atoms with Crippen molar-refractivity contribution in [3.63, 3.8) is 0 Å². The quantitative estimate of drug-likeness (QED) is 0.651. The van der Waals surface area contributed by atoms with Crippen molar-refractivity contribution in [3.8, 4) is 5.75 Å². The minimum atomic E-state index is -0.328. The Balaban J connectivity index is 2.71. The summed E-state index contributed by atoms with van der Waals surface area (Å²) in [5, 5.41) is 3.16. The molecule has 94 valence electrons. The molecule has 5 nitrogen and oxygen atoms in total. The van der Waals surface area contributed by atoms with Crippen LogP contribution in [0.2, 0.25) is 0 Å². The fourth-order valence-corrected chi connectivity index (χ4v) is 1.54. The van der Waals surface area contributed by atoms with Gasteiger partial charge in [-0.1, -0.05) is 0 Å². The molecule has 1 rings (SSSR count). The summed E-state index contributed by atoms with van der Waals surface area (Å²) in [6.07, 6.45) is 0.286. The number of rotatable bonds is 6. The number of amides is 1. The molecule has 0 aromatic heterocycles. The average molecular weight is 237 g/mol. The van der Waals surface area contributed by atoms with E-state index < -0.39 is 0 Å². The molecule has 1 aromatic rings. The van der Waals surface area contributed by atoms with Crippen LogP contribution in [-0.4, -0.2) is 18.6 Å². The third-order valence-electron chi connectivity index (χ3n) is 2.23. The first kappa shape index (κ1) is 13.2.